The lowest BCUT2D eigenvalue weighted by molar-refractivity contribution is -0.117. The van der Waals surface area contributed by atoms with Crippen LogP contribution in [-0.2, 0) is 4.79 Å². The zero-order valence-electron chi connectivity index (χ0n) is 11.3. The van der Waals surface area contributed by atoms with E-state index in [2.05, 4.69) is 10.4 Å². The van der Waals surface area contributed by atoms with E-state index >= 15 is 0 Å². The molecule has 0 aromatic carbocycles. The van der Waals surface area contributed by atoms with E-state index in [0.29, 0.717) is 17.6 Å². The van der Waals surface area contributed by atoms with Gasteiger partial charge in [-0.15, -0.1) is 0 Å². The Kier molecular flexibility index (Phi) is 3.64. The summed E-state index contributed by atoms with van der Waals surface area (Å²) in [4.78, 5) is 28.1. The number of hydrogen-bond acceptors (Lipinski definition) is 3. The Labute approximate surface area is 111 Å². The van der Waals surface area contributed by atoms with E-state index in [1.807, 2.05) is 19.9 Å². The summed E-state index contributed by atoms with van der Waals surface area (Å²) >= 11 is 0. The summed E-state index contributed by atoms with van der Waals surface area (Å²) in [6.07, 6.45) is 1.97. The average Bonchev–Trinajstić information content (AvgIpc) is 2.34. The minimum Gasteiger partial charge on any atom is -0.273 e. The summed E-state index contributed by atoms with van der Waals surface area (Å²) in [5, 5.41) is 0.824. The third-order valence-corrected chi connectivity index (χ3v) is 2.77. The quantitative estimate of drug-likeness (QED) is 0.914. The average molecular weight is 259 g/mol. The molecule has 0 aliphatic rings. The van der Waals surface area contributed by atoms with Crippen molar-refractivity contribution in [3.05, 3.63) is 40.3 Å². The van der Waals surface area contributed by atoms with Crippen LogP contribution in [0.25, 0.3) is 11.0 Å². The summed E-state index contributed by atoms with van der Waals surface area (Å²) < 4.78 is 1.23. The molecule has 0 radical (unpaired) electrons. The normalized spacial score (nSPS) is 10.9. The molecular weight excluding hydrogens is 242 g/mol. The summed E-state index contributed by atoms with van der Waals surface area (Å²) in [6, 6.07) is 5.43. The zero-order valence-corrected chi connectivity index (χ0v) is 11.3. The number of aromatic nitrogens is 2. The molecule has 0 atom stereocenters. The highest BCUT2D eigenvalue weighted by molar-refractivity contribution is 5.86. The van der Waals surface area contributed by atoms with Gasteiger partial charge in [0.05, 0.1) is 0 Å². The molecule has 0 saturated carbocycles. The molecule has 5 nitrogen and oxygen atoms in total. The molecule has 1 amide bonds. The number of nitrogens with one attached hydrogen (secondary N) is 1. The Morgan fingerprint density at radius 3 is 2.89 bits per heavy atom. The number of hydrogen-bond donors (Lipinski definition) is 1. The molecule has 0 aliphatic heterocycles. The fraction of sp³-hybridized carbons (Fsp3) is 0.357. The Bertz CT molecular complexity index is 674. The van der Waals surface area contributed by atoms with Gasteiger partial charge in [-0.3, -0.25) is 15.0 Å². The van der Waals surface area contributed by atoms with Gasteiger partial charge in [0.15, 0.2) is 5.65 Å². The third-order valence-electron chi connectivity index (χ3n) is 2.77. The number of aryl methyl sites for hydroxylation is 1. The fourth-order valence-electron chi connectivity index (χ4n) is 1.92. The molecule has 2 heterocycles. The standard InChI is InChI=1S/C14H17N3O2/c1-9(2)7-12(18)16-17-13-11(5-4-6-15-13)8-10(3)14(17)19/h4-6,8-9H,7H2,1-3H3,(H,16,18). The number of fused-ring (bicyclic) bond motifs is 1. The molecule has 0 unspecified atom stereocenters. The van der Waals surface area contributed by atoms with Gasteiger partial charge in [-0.1, -0.05) is 13.8 Å². The van der Waals surface area contributed by atoms with Gasteiger partial charge in [-0.2, -0.15) is 4.68 Å². The van der Waals surface area contributed by atoms with Crippen molar-refractivity contribution in [2.45, 2.75) is 27.2 Å². The molecule has 0 spiro atoms. The number of rotatable bonds is 3. The summed E-state index contributed by atoms with van der Waals surface area (Å²) in [6.45, 7) is 5.63. The topological polar surface area (TPSA) is 64.0 Å². The number of carbonyl (C=O) groups excluding carboxylic acids is 1. The van der Waals surface area contributed by atoms with Crippen molar-refractivity contribution in [3.63, 3.8) is 0 Å². The number of pyridine rings is 2. The first-order chi connectivity index (χ1) is 8.99. The van der Waals surface area contributed by atoms with Gasteiger partial charge in [-0.05, 0) is 31.0 Å². The molecule has 0 aliphatic carbocycles. The monoisotopic (exact) mass is 259 g/mol. The fourth-order valence-corrected chi connectivity index (χ4v) is 1.92. The molecule has 1 N–H and O–H groups in total. The molecule has 2 aromatic heterocycles. The molecule has 19 heavy (non-hydrogen) atoms. The van der Waals surface area contributed by atoms with Gasteiger partial charge >= 0.3 is 0 Å². The van der Waals surface area contributed by atoms with E-state index in [1.165, 1.54) is 4.68 Å². The summed E-state index contributed by atoms with van der Waals surface area (Å²) in [7, 11) is 0. The Hall–Kier alpha value is -2.17. The SMILES string of the molecule is Cc1cc2cccnc2n(NC(=O)CC(C)C)c1=O. The number of amides is 1. The van der Waals surface area contributed by atoms with Crippen LogP contribution >= 0.6 is 0 Å². The third kappa shape index (κ3) is 2.81. The minimum atomic E-state index is -0.247. The first-order valence-electron chi connectivity index (χ1n) is 6.26. The lowest BCUT2D eigenvalue weighted by Crippen LogP contribution is -2.35. The molecule has 5 heteroatoms. The molecule has 100 valence electrons. The highest BCUT2D eigenvalue weighted by Gasteiger charge is 2.11. The van der Waals surface area contributed by atoms with Crippen molar-refractivity contribution >= 4 is 16.9 Å². The zero-order chi connectivity index (χ0) is 14.0. The Morgan fingerprint density at radius 2 is 2.21 bits per heavy atom. The van der Waals surface area contributed by atoms with Gasteiger partial charge in [0.2, 0.25) is 5.91 Å². The number of carbonyl (C=O) groups is 1. The van der Waals surface area contributed by atoms with Crippen LogP contribution in [-0.4, -0.2) is 15.6 Å². The van der Waals surface area contributed by atoms with E-state index in [4.69, 9.17) is 0 Å². The maximum atomic E-state index is 12.1. The highest BCUT2D eigenvalue weighted by Crippen LogP contribution is 2.09. The second kappa shape index (κ2) is 5.22. The number of nitrogens with zero attached hydrogens (tertiary/aromatic N) is 2. The van der Waals surface area contributed by atoms with E-state index in [9.17, 15) is 9.59 Å². The lowest BCUT2D eigenvalue weighted by Gasteiger charge is -2.12. The largest absolute Gasteiger partial charge is 0.274 e. The highest BCUT2D eigenvalue weighted by atomic mass is 16.2. The maximum Gasteiger partial charge on any atom is 0.274 e. The van der Waals surface area contributed by atoms with Gasteiger partial charge in [0.1, 0.15) is 0 Å². The second-order valence-electron chi connectivity index (χ2n) is 5.02. The predicted molar refractivity (Wildman–Crippen MR) is 74.6 cm³/mol. The predicted octanol–water partition coefficient (Wildman–Crippen LogP) is 1.82. The summed E-state index contributed by atoms with van der Waals surface area (Å²) in [5.41, 5.74) is 3.42. The lowest BCUT2D eigenvalue weighted by atomic mass is 10.1. The van der Waals surface area contributed by atoms with Crippen LogP contribution in [0, 0.1) is 12.8 Å². The van der Waals surface area contributed by atoms with Crippen molar-refractivity contribution in [2.75, 3.05) is 5.43 Å². The molecule has 0 saturated heterocycles. The molecule has 2 rings (SSSR count). The molecular formula is C14H17N3O2. The summed E-state index contributed by atoms with van der Waals surface area (Å²) in [5.74, 6) is 0.0504. The van der Waals surface area contributed by atoms with E-state index in [1.54, 1.807) is 25.3 Å². The van der Waals surface area contributed by atoms with E-state index in [0.717, 1.165) is 5.39 Å². The van der Waals surface area contributed by atoms with Crippen molar-refractivity contribution < 1.29 is 4.79 Å². The van der Waals surface area contributed by atoms with Crippen LogP contribution in [0.5, 0.6) is 0 Å². The van der Waals surface area contributed by atoms with Crippen LogP contribution < -0.4 is 11.0 Å². The molecule has 0 bridgehead atoms. The molecule has 2 aromatic rings. The van der Waals surface area contributed by atoms with E-state index < -0.39 is 0 Å². The van der Waals surface area contributed by atoms with Crippen molar-refractivity contribution in [3.8, 4) is 0 Å². The van der Waals surface area contributed by atoms with Crippen LogP contribution in [0.4, 0.5) is 0 Å². The van der Waals surface area contributed by atoms with Gasteiger partial charge < -0.3 is 0 Å². The Morgan fingerprint density at radius 1 is 1.47 bits per heavy atom. The van der Waals surface area contributed by atoms with Crippen LogP contribution in [0.3, 0.4) is 0 Å². The smallest absolute Gasteiger partial charge is 0.273 e. The van der Waals surface area contributed by atoms with Crippen LogP contribution in [0.15, 0.2) is 29.2 Å². The van der Waals surface area contributed by atoms with Crippen LogP contribution in [0.2, 0.25) is 0 Å². The minimum absolute atomic E-state index is 0.186. The van der Waals surface area contributed by atoms with Crippen LogP contribution in [0.1, 0.15) is 25.8 Å². The van der Waals surface area contributed by atoms with Gasteiger partial charge in [0.25, 0.3) is 5.56 Å². The van der Waals surface area contributed by atoms with Crippen molar-refractivity contribution in [2.24, 2.45) is 5.92 Å². The first-order valence-corrected chi connectivity index (χ1v) is 6.26. The van der Waals surface area contributed by atoms with E-state index in [-0.39, 0.29) is 17.4 Å². The van der Waals surface area contributed by atoms with Crippen molar-refractivity contribution in [1.29, 1.82) is 0 Å². The van der Waals surface area contributed by atoms with Gasteiger partial charge in [-0.25, -0.2) is 4.98 Å². The maximum absolute atomic E-state index is 12.1. The van der Waals surface area contributed by atoms with Gasteiger partial charge in [0, 0.05) is 23.6 Å². The first kappa shape index (κ1) is 13.3. The second-order valence-corrected chi connectivity index (χ2v) is 5.02. The Balaban J connectivity index is 2.49. The molecule has 0 fully saturated rings. The van der Waals surface area contributed by atoms with Crippen molar-refractivity contribution in [1.82, 2.24) is 9.66 Å².